The van der Waals surface area contributed by atoms with Gasteiger partial charge in [-0.15, -0.1) is 0 Å². The topological polar surface area (TPSA) is 43.8 Å². The largest absolute Gasteiger partial charge is 0.398 e. The normalized spacial score (nSPS) is 11.1. The third kappa shape index (κ3) is 3.13. The molecule has 18 heavy (non-hydrogen) atoms. The van der Waals surface area contributed by atoms with E-state index in [-0.39, 0.29) is 0 Å². The van der Waals surface area contributed by atoms with Gasteiger partial charge in [0.25, 0.3) is 0 Å². The van der Waals surface area contributed by atoms with Gasteiger partial charge in [0.05, 0.1) is 6.20 Å². The van der Waals surface area contributed by atoms with Gasteiger partial charge in [-0.1, -0.05) is 32.0 Å². The first-order valence-corrected chi connectivity index (χ1v) is 6.54. The van der Waals surface area contributed by atoms with Crippen LogP contribution in [0.4, 0.5) is 5.69 Å². The molecule has 0 radical (unpaired) electrons. The number of nitrogens with zero attached hydrogens (tertiary/aromatic N) is 2. The highest BCUT2D eigenvalue weighted by Crippen LogP contribution is 2.24. The molecule has 0 saturated carbocycles. The summed E-state index contributed by atoms with van der Waals surface area (Å²) in [6.45, 7) is 5.48. The van der Waals surface area contributed by atoms with Crippen LogP contribution in [0.5, 0.6) is 0 Å². The number of hydrogen-bond donors (Lipinski definition) is 1. The summed E-state index contributed by atoms with van der Waals surface area (Å²) in [6.07, 6.45) is 6.37. The van der Waals surface area contributed by atoms with Gasteiger partial charge in [-0.05, 0) is 24.8 Å². The standard InChI is InChI=1S/C15H21N3/c1-12(2)6-5-9-18-11-13(10-17-18)14-7-3-4-8-15(14)16/h3-4,7-8,10-12H,5-6,9,16H2,1-2H3. The molecule has 3 nitrogen and oxygen atoms in total. The second kappa shape index (κ2) is 5.71. The van der Waals surface area contributed by atoms with E-state index in [1.807, 2.05) is 35.1 Å². The first kappa shape index (κ1) is 12.7. The van der Waals surface area contributed by atoms with E-state index < -0.39 is 0 Å². The monoisotopic (exact) mass is 243 g/mol. The van der Waals surface area contributed by atoms with Crippen LogP contribution >= 0.6 is 0 Å². The van der Waals surface area contributed by atoms with Crippen LogP contribution in [-0.2, 0) is 6.54 Å². The maximum absolute atomic E-state index is 5.96. The van der Waals surface area contributed by atoms with Crippen molar-refractivity contribution in [2.24, 2.45) is 5.92 Å². The van der Waals surface area contributed by atoms with Crippen molar-refractivity contribution in [3.8, 4) is 11.1 Å². The first-order valence-electron chi connectivity index (χ1n) is 6.54. The van der Waals surface area contributed by atoms with Crippen LogP contribution in [0.2, 0.25) is 0 Å². The van der Waals surface area contributed by atoms with Crippen LogP contribution in [0, 0.1) is 5.92 Å². The molecule has 1 heterocycles. The smallest absolute Gasteiger partial charge is 0.0569 e. The Morgan fingerprint density at radius 3 is 2.78 bits per heavy atom. The molecule has 0 atom stereocenters. The van der Waals surface area contributed by atoms with E-state index in [1.165, 1.54) is 12.8 Å². The van der Waals surface area contributed by atoms with Crippen LogP contribution in [0.15, 0.2) is 36.7 Å². The highest BCUT2D eigenvalue weighted by atomic mass is 15.3. The van der Waals surface area contributed by atoms with Gasteiger partial charge in [-0.2, -0.15) is 5.10 Å². The summed E-state index contributed by atoms with van der Waals surface area (Å²) >= 11 is 0. The minimum atomic E-state index is 0.754. The summed E-state index contributed by atoms with van der Waals surface area (Å²) in [5.41, 5.74) is 8.93. The fourth-order valence-corrected chi connectivity index (χ4v) is 2.05. The van der Waals surface area contributed by atoms with Gasteiger partial charge in [0.2, 0.25) is 0 Å². The highest BCUT2D eigenvalue weighted by molar-refractivity contribution is 5.75. The number of benzene rings is 1. The Morgan fingerprint density at radius 2 is 2.06 bits per heavy atom. The summed E-state index contributed by atoms with van der Waals surface area (Å²) in [4.78, 5) is 0. The Bertz CT molecular complexity index is 500. The lowest BCUT2D eigenvalue weighted by atomic mass is 10.1. The van der Waals surface area contributed by atoms with Crippen molar-refractivity contribution in [3.05, 3.63) is 36.7 Å². The van der Waals surface area contributed by atoms with Gasteiger partial charge in [-0.25, -0.2) is 0 Å². The quantitative estimate of drug-likeness (QED) is 0.816. The minimum absolute atomic E-state index is 0.754. The van der Waals surface area contributed by atoms with E-state index in [4.69, 9.17) is 5.73 Å². The number of hydrogen-bond acceptors (Lipinski definition) is 2. The zero-order valence-electron chi connectivity index (χ0n) is 11.1. The number of para-hydroxylation sites is 1. The molecule has 2 aromatic rings. The van der Waals surface area contributed by atoms with Gasteiger partial charge >= 0.3 is 0 Å². The molecular weight excluding hydrogens is 222 g/mol. The molecule has 0 saturated heterocycles. The van der Waals surface area contributed by atoms with Gasteiger partial charge in [0.1, 0.15) is 0 Å². The van der Waals surface area contributed by atoms with E-state index in [1.54, 1.807) is 0 Å². The van der Waals surface area contributed by atoms with Crippen molar-refractivity contribution >= 4 is 5.69 Å². The molecule has 0 aliphatic carbocycles. The second-order valence-electron chi connectivity index (χ2n) is 5.12. The fraction of sp³-hybridized carbons (Fsp3) is 0.400. The maximum Gasteiger partial charge on any atom is 0.0569 e. The summed E-state index contributed by atoms with van der Waals surface area (Å²) in [5, 5.41) is 4.39. The van der Waals surface area contributed by atoms with Crippen molar-refractivity contribution in [2.75, 3.05) is 5.73 Å². The van der Waals surface area contributed by atoms with E-state index in [9.17, 15) is 0 Å². The number of aryl methyl sites for hydroxylation is 1. The van der Waals surface area contributed by atoms with Gasteiger partial charge in [0.15, 0.2) is 0 Å². The molecule has 2 rings (SSSR count). The average molecular weight is 243 g/mol. The lowest BCUT2D eigenvalue weighted by Crippen LogP contribution is -1.99. The van der Waals surface area contributed by atoms with Gasteiger partial charge in [-0.3, -0.25) is 4.68 Å². The van der Waals surface area contributed by atoms with Crippen molar-refractivity contribution in [1.82, 2.24) is 9.78 Å². The Labute approximate surface area is 109 Å². The van der Waals surface area contributed by atoms with Crippen LogP contribution in [0.3, 0.4) is 0 Å². The number of nitrogens with two attached hydrogens (primary N) is 1. The zero-order valence-corrected chi connectivity index (χ0v) is 11.1. The first-order chi connectivity index (χ1) is 8.66. The molecule has 3 heteroatoms. The Morgan fingerprint density at radius 1 is 1.28 bits per heavy atom. The van der Waals surface area contributed by atoms with Crippen molar-refractivity contribution in [2.45, 2.75) is 33.2 Å². The van der Waals surface area contributed by atoms with Crippen LogP contribution in [0.25, 0.3) is 11.1 Å². The summed E-state index contributed by atoms with van der Waals surface area (Å²) in [5.74, 6) is 0.754. The van der Waals surface area contributed by atoms with Crippen LogP contribution in [0.1, 0.15) is 26.7 Å². The van der Waals surface area contributed by atoms with Crippen molar-refractivity contribution < 1.29 is 0 Å². The summed E-state index contributed by atoms with van der Waals surface area (Å²) in [7, 11) is 0. The number of anilines is 1. The van der Waals surface area contributed by atoms with E-state index in [2.05, 4.69) is 25.1 Å². The van der Waals surface area contributed by atoms with E-state index in [0.29, 0.717) is 0 Å². The van der Waals surface area contributed by atoms with E-state index in [0.717, 1.165) is 29.3 Å². The SMILES string of the molecule is CC(C)CCCn1cc(-c2ccccc2N)cn1. The Kier molecular flexibility index (Phi) is 4.03. The maximum atomic E-state index is 5.96. The predicted molar refractivity (Wildman–Crippen MR) is 76.1 cm³/mol. The molecule has 0 aliphatic rings. The van der Waals surface area contributed by atoms with Crippen molar-refractivity contribution in [3.63, 3.8) is 0 Å². The second-order valence-corrected chi connectivity index (χ2v) is 5.12. The molecular formula is C15H21N3. The molecule has 96 valence electrons. The average Bonchev–Trinajstić information content (AvgIpc) is 2.78. The van der Waals surface area contributed by atoms with Crippen LogP contribution in [-0.4, -0.2) is 9.78 Å². The molecule has 1 aromatic carbocycles. The lowest BCUT2D eigenvalue weighted by molar-refractivity contribution is 0.490. The third-order valence-corrected chi connectivity index (χ3v) is 3.07. The Hall–Kier alpha value is -1.77. The van der Waals surface area contributed by atoms with Gasteiger partial charge < -0.3 is 5.73 Å². The molecule has 0 fully saturated rings. The molecule has 0 unspecified atom stereocenters. The fourth-order valence-electron chi connectivity index (χ4n) is 2.05. The summed E-state index contributed by atoms with van der Waals surface area (Å²) in [6, 6.07) is 7.91. The molecule has 0 amide bonds. The summed E-state index contributed by atoms with van der Waals surface area (Å²) < 4.78 is 2.00. The van der Waals surface area contributed by atoms with Gasteiger partial charge in [0, 0.05) is 29.6 Å². The minimum Gasteiger partial charge on any atom is -0.398 e. The number of aromatic nitrogens is 2. The number of nitrogen functional groups attached to an aromatic ring is 1. The molecule has 1 aromatic heterocycles. The van der Waals surface area contributed by atoms with Crippen molar-refractivity contribution in [1.29, 1.82) is 0 Å². The molecule has 0 aliphatic heterocycles. The lowest BCUT2D eigenvalue weighted by Gasteiger charge is -2.04. The molecule has 0 spiro atoms. The predicted octanol–water partition coefficient (Wildman–Crippen LogP) is 3.57. The van der Waals surface area contributed by atoms with Crippen LogP contribution < -0.4 is 5.73 Å². The molecule has 2 N–H and O–H groups in total. The van der Waals surface area contributed by atoms with E-state index >= 15 is 0 Å². The molecule has 0 bridgehead atoms. The Balaban J connectivity index is 2.04. The number of rotatable bonds is 5. The highest BCUT2D eigenvalue weighted by Gasteiger charge is 2.04. The third-order valence-electron chi connectivity index (χ3n) is 3.07. The zero-order chi connectivity index (χ0) is 13.0.